The maximum absolute atomic E-state index is 12.6. The van der Waals surface area contributed by atoms with Gasteiger partial charge in [0.05, 0.1) is 22.8 Å². The summed E-state index contributed by atoms with van der Waals surface area (Å²) in [6.07, 6.45) is 0.922. The number of nitrogens with one attached hydrogen (secondary N) is 2. The fraction of sp³-hybridized carbons (Fsp3) is 0.318. The van der Waals surface area contributed by atoms with Gasteiger partial charge in [-0.25, -0.2) is 14.5 Å². The fourth-order valence-corrected chi connectivity index (χ4v) is 5.20. The Labute approximate surface area is 193 Å². The largest absolute Gasteiger partial charge is 0.351 e. The van der Waals surface area contributed by atoms with E-state index in [9.17, 15) is 9.59 Å². The van der Waals surface area contributed by atoms with Crippen molar-refractivity contribution in [1.82, 2.24) is 24.9 Å². The van der Waals surface area contributed by atoms with E-state index in [1.807, 2.05) is 48.9 Å². The van der Waals surface area contributed by atoms with Gasteiger partial charge in [-0.1, -0.05) is 0 Å². The van der Waals surface area contributed by atoms with E-state index in [0.717, 1.165) is 43.7 Å². The lowest BCUT2D eigenvalue weighted by atomic mass is 10.1. The molecule has 0 aromatic carbocycles. The van der Waals surface area contributed by atoms with E-state index in [4.69, 9.17) is 0 Å². The summed E-state index contributed by atoms with van der Waals surface area (Å²) in [5.74, 6) is -0.140. The zero-order valence-corrected chi connectivity index (χ0v) is 20.0. The molecule has 4 aromatic rings. The van der Waals surface area contributed by atoms with Crippen LogP contribution in [0.25, 0.3) is 16.2 Å². The average Bonchev–Trinajstić information content (AvgIpc) is 3.45. The Hall–Kier alpha value is -3.11. The van der Waals surface area contributed by atoms with Crippen molar-refractivity contribution >= 4 is 45.3 Å². The quantitative estimate of drug-likeness (QED) is 0.426. The highest BCUT2D eigenvalue weighted by molar-refractivity contribution is 7.17. The minimum atomic E-state index is -0.0843. The summed E-state index contributed by atoms with van der Waals surface area (Å²) >= 11 is 2.98. The lowest BCUT2D eigenvalue weighted by Crippen LogP contribution is -2.17. The molecule has 0 saturated carbocycles. The van der Waals surface area contributed by atoms with Crippen molar-refractivity contribution in [3.63, 3.8) is 0 Å². The molecule has 32 heavy (non-hydrogen) atoms. The molecule has 4 heterocycles. The van der Waals surface area contributed by atoms with E-state index in [1.165, 1.54) is 18.3 Å². The molecule has 0 aliphatic carbocycles. The van der Waals surface area contributed by atoms with Gasteiger partial charge >= 0.3 is 0 Å². The first-order valence-corrected chi connectivity index (χ1v) is 11.9. The maximum atomic E-state index is 12.6. The summed E-state index contributed by atoms with van der Waals surface area (Å²) in [7, 11) is 0. The highest BCUT2D eigenvalue weighted by Crippen LogP contribution is 2.31. The molecular formula is C22H24N6O2S2. The Balaban J connectivity index is 1.38. The number of amides is 2. The Kier molecular flexibility index (Phi) is 6.33. The van der Waals surface area contributed by atoms with Crippen molar-refractivity contribution in [2.45, 2.75) is 47.1 Å². The first-order valence-electron chi connectivity index (χ1n) is 10.2. The van der Waals surface area contributed by atoms with Crippen LogP contribution >= 0.6 is 22.7 Å². The molecule has 4 aromatic heterocycles. The van der Waals surface area contributed by atoms with E-state index >= 15 is 0 Å². The first-order chi connectivity index (χ1) is 15.3. The number of thiazole rings is 1. The zero-order valence-electron chi connectivity index (χ0n) is 18.4. The van der Waals surface area contributed by atoms with Crippen molar-refractivity contribution in [2.75, 3.05) is 5.32 Å². The third-order valence-corrected chi connectivity index (χ3v) is 6.93. The number of carbonyl (C=O) groups is 2. The highest BCUT2D eigenvalue weighted by atomic mass is 32.1. The zero-order chi connectivity index (χ0) is 22.8. The molecule has 0 fully saturated rings. The van der Waals surface area contributed by atoms with Gasteiger partial charge in [0, 0.05) is 41.1 Å². The SMILES string of the molecule is CC(=O)NCc1ccc(-c2csc(NC(=O)CCc3c(C)nc4cc(C)nn4c3C)n2)s1. The number of nitrogens with zero attached hydrogens (tertiary/aromatic N) is 4. The summed E-state index contributed by atoms with van der Waals surface area (Å²) in [4.78, 5) is 34.8. The molecule has 0 aliphatic rings. The number of hydrogen-bond donors (Lipinski definition) is 2. The Bertz CT molecular complexity index is 1300. The molecule has 0 atom stereocenters. The molecule has 2 N–H and O–H groups in total. The van der Waals surface area contributed by atoms with Gasteiger partial charge in [0.25, 0.3) is 0 Å². The average molecular weight is 469 g/mol. The number of fused-ring (bicyclic) bond motifs is 1. The van der Waals surface area contributed by atoms with E-state index in [-0.39, 0.29) is 11.8 Å². The van der Waals surface area contributed by atoms with E-state index in [0.29, 0.717) is 24.5 Å². The van der Waals surface area contributed by atoms with Crippen molar-refractivity contribution in [3.05, 3.63) is 51.1 Å². The van der Waals surface area contributed by atoms with Crippen LogP contribution in [0, 0.1) is 20.8 Å². The molecule has 0 bridgehead atoms. The molecule has 0 spiro atoms. The molecular weight excluding hydrogens is 444 g/mol. The van der Waals surface area contributed by atoms with Gasteiger partial charge in [0.1, 0.15) is 0 Å². The molecule has 2 amide bonds. The number of aryl methyl sites for hydroxylation is 3. The van der Waals surface area contributed by atoms with Gasteiger partial charge in [0.2, 0.25) is 11.8 Å². The van der Waals surface area contributed by atoms with Gasteiger partial charge in [-0.05, 0) is 44.9 Å². The minimum absolute atomic E-state index is 0.0561. The number of hydrogen-bond acceptors (Lipinski definition) is 7. The van der Waals surface area contributed by atoms with Crippen LogP contribution in [-0.2, 0) is 22.6 Å². The second-order valence-electron chi connectivity index (χ2n) is 7.58. The third-order valence-electron chi connectivity index (χ3n) is 5.06. The molecule has 10 heteroatoms. The Morgan fingerprint density at radius 1 is 1.16 bits per heavy atom. The van der Waals surface area contributed by atoms with E-state index in [1.54, 1.807) is 11.3 Å². The van der Waals surface area contributed by atoms with Gasteiger partial charge in [-0.3, -0.25) is 9.59 Å². The fourth-order valence-electron chi connectivity index (χ4n) is 3.49. The summed E-state index contributed by atoms with van der Waals surface area (Å²) in [5.41, 5.74) is 5.54. The van der Waals surface area contributed by atoms with Crippen LogP contribution in [0.2, 0.25) is 0 Å². The molecule has 4 rings (SSSR count). The van der Waals surface area contributed by atoms with Gasteiger partial charge in [-0.2, -0.15) is 5.10 Å². The predicted octanol–water partition coefficient (Wildman–Crippen LogP) is 4.05. The lowest BCUT2D eigenvalue weighted by Gasteiger charge is -2.10. The second-order valence-corrected chi connectivity index (χ2v) is 9.61. The lowest BCUT2D eigenvalue weighted by molar-refractivity contribution is -0.119. The number of anilines is 1. The van der Waals surface area contributed by atoms with Gasteiger partial charge in [-0.15, -0.1) is 22.7 Å². The predicted molar refractivity (Wildman–Crippen MR) is 127 cm³/mol. The minimum Gasteiger partial charge on any atom is -0.351 e. The Morgan fingerprint density at radius 3 is 2.75 bits per heavy atom. The normalized spacial score (nSPS) is 11.1. The maximum Gasteiger partial charge on any atom is 0.226 e. The van der Waals surface area contributed by atoms with Crippen LogP contribution in [0.3, 0.4) is 0 Å². The number of rotatable bonds is 7. The van der Waals surface area contributed by atoms with Crippen molar-refractivity contribution in [1.29, 1.82) is 0 Å². The van der Waals surface area contributed by atoms with Crippen molar-refractivity contribution < 1.29 is 9.59 Å². The van der Waals surface area contributed by atoms with Crippen LogP contribution in [0.5, 0.6) is 0 Å². The molecule has 0 aliphatic heterocycles. The summed E-state index contributed by atoms with van der Waals surface area (Å²) < 4.78 is 1.84. The van der Waals surface area contributed by atoms with Crippen LogP contribution in [0.1, 0.15) is 40.9 Å². The third kappa shape index (κ3) is 4.86. The molecule has 0 unspecified atom stereocenters. The monoisotopic (exact) mass is 468 g/mol. The van der Waals surface area contributed by atoms with Crippen LogP contribution in [0.4, 0.5) is 5.13 Å². The number of aromatic nitrogens is 4. The molecule has 0 saturated heterocycles. The topological polar surface area (TPSA) is 101 Å². The highest BCUT2D eigenvalue weighted by Gasteiger charge is 2.14. The van der Waals surface area contributed by atoms with Crippen molar-refractivity contribution in [3.8, 4) is 10.6 Å². The summed E-state index contributed by atoms with van der Waals surface area (Å²) in [5, 5.41) is 12.7. The summed E-state index contributed by atoms with van der Waals surface area (Å²) in [6, 6.07) is 5.91. The van der Waals surface area contributed by atoms with Crippen molar-refractivity contribution in [2.24, 2.45) is 0 Å². The number of thiophene rings is 1. The van der Waals surface area contributed by atoms with Gasteiger partial charge < -0.3 is 10.6 Å². The van der Waals surface area contributed by atoms with Crippen LogP contribution in [0.15, 0.2) is 23.6 Å². The first kappa shape index (κ1) is 22.1. The Morgan fingerprint density at radius 2 is 1.97 bits per heavy atom. The standard InChI is InChI=1S/C22H24N6O2S2/c1-12-9-20-24-13(2)17(14(3)28(20)27-12)6-8-21(30)26-22-25-18(11-31-22)19-7-5-16(32-19)10-23-15(4)29/h5,7,9,11H,6,8,10H2,1-4H3,(H,23,29)(H,25,26,30). The number of carbonyl (C=O) groups excluding carboxylic acids is 2. The molecule has 166 valence electrons. The summed E-state index contributed by atoms with van der Waals surface area (Å²) in [6.45, 7) is 7.93. The molecule has 8 nitrogen and oxygen atoms in total. The van der Waals surface area contributed by atoms with E-state index in [2.05, 4.69) is 25.7 Å². The van der Waals surface area contributed by atoms with Gasteiger partial charge in [0.15, 0.2) is 10.8 Å². The van der Waals surface area contributed by atoms with Crippen LogP contribution in [-0.4, -0.2) is 31.4 Å². The second kappa shape index (κ2) is 9.17. The van der Waals surface area contributed by atoms with E-state index < -0.39 is 0 Å². The van der Waals surface area contributed by atoms with Crippen LogP contribution < -0.4 is 10.6 Å². The molecule has 0 radical (unpaired) electrons. The smallest absolute Gasteiger partial charge is 0.226 e.